The van der Waals surface area contributed by atoms with Crippen LogP contribution in [-0.2, 0) is 0 Å². The molecule has 0 saturated carbocycles. The van der Waals surface area contributed by atoms with E-state index in [1.165, 1.54) is 0 Å². The Morgan fingerprint density at radius 1 is 1.31 bits per heavy atom. The van der Waals surface area contributed by atoms with Gasteiger partial charge in [-0.05, 0) is 23.8 Å². The predicted octanol–water partition coefficient (Wildman–Crippen LogP) is 3.07. The molecule has 0 spiro atoms. The molecule has 6 heteroatoms. The molecule has 0 radical (unpaired) electrons. The molecule has 13 heavy (non-hydrogen) atoms. The van der Waals surface area contributed by atoms with Crippen molar-refractivity contribution in [2.24, 2.45) is 0 Å². The summed E-state index contributed by atoms with van der Waals surface area (Å²) in [5, 5.41) is 8.31. The molecule has 1 aromatic rings. The standard InChI is InChI=1S/C7H9Cl2N3S/c1-2-3-4-13-6-5(8)11-12-7(9)10-6/h2-4H2,1H3. The molecule has 0 aromatic carbocycles. The van der Waals surface area contributed by atoms with Crippen molar-refractivity contribution in [3.05, 3.63) is 10.4 Å². The van der Waals surface area contributed by atoms with Crippen molar-refractivity contribution in [1.82, 2.24) is 15.2 Å². The van der Waals surface area contributed by atoms with Crippen molar-refractivity contribution in [2.75, 3.05) is 5.75 Å². The summed E-state index contributed by atoms with van der Waals surface area (Å²) < 4.78 is 0. The minimum absolute atomic E-state index is 0.142. The quantitative estimate of drug-likeness (QED) is 0.596. The van der Waals surface area contributed by atoms with Gasteiger partial charge >= 0.3 is 0 Å². The first kappa shape index (κ1) is 11.0. The number of hydrogen-bond acceptors (Lipinski definition) is 4. The van der Waals surface area contributed by atoms with E-state index in [0.717, 1.165) is 18.6 Å². The molecule has 0 unspecified atom stereocenters. The molecular formula is C7H9Cl2N3S. The lowest BCUT2D eigenvalue weighted by Crippen LogP contribution is -1.92. The van der Waals surface area contributed by atoms with Crippen LogP contribution in [0.5, 0.6) is 0 Å². The number of nitrogens with zero attached hydrogens (tertiary/aromatic N) is 3. The van der Waals surface area contributed by atoms with Gasteiger partial charge in [0.15, 0.2) is 5.15 Å². The van der Waals surface area contributed by atoms with Gasteiger partial charge in [0.05, 0.1) is 0 Å². The smallest absolute Gasteiger partial charge is 0.207 e. The first-order chi connectivity index (χ1) is 6.24. The van der Waals surface area contributed by atoms with E-state index in [1.807, 2.05) is 0 Å². The maximum absolute atomic E-state index is 5.76. The molecule has 3 nitrogen and oxygen atoms in total. The zero-order chi connectivity index (χ0) is 9.68. The number of aromatic nitrogens is 3. The van der Waals surface area contributed by atoms with Crippen molar-refractivity contribution in [3.8, 4) is 0 Å². The Hall–Kier alpha value is -0.0600. The van der Waals surface area contributed by atoms with Crippen molar-refractivity contribution >= 4 is 35.0 Å². The van der Waals surface area contributed by atoms with E-state index in [9.17, 15) is 0 Å². The molecule has 0 amide bonds. The van der Waals surface area contributed by atoms with E-state index >= 15 is 0 Å². The zero-order valence-electron chi connectivity index (χ0n) is 7.13. The monoisotopic (exact) mass is 237 g/mol. The zero-order valence-corrected chi connectivity index (χ0v) is 9.46. The predicted molar refractivity (Wildman–Crippen MR) is 55.5 cm³/mol. The Labute approximate surface area is 91.2 Å². The lowest BCUT2D eigenvalue weighted by molar-refractivity contribution is 0.882. The second-order valence-corrected chi connectivity index (χ2v) is 4.16. The van der Waals surface area contributed by atoms with E-state index in [0.29, 0.717) is 10.2 Å². The fraction of sp³-hybridized carbons (Fsp3) is 0.571. The van der Waals surface area contributed by atoms with E-state index in [4.69, 9.17) is 23.2 Å². The maximum Gasteiger partial charge on any atom is 0.244 e. The normalized spacial score (nSPS) is 10.4. The lowest BCUT2D eigenvalue weighted by atomic mass is 10.4. The van der Waals surface area contributed by atoms with Crippen LogP contribution in [-0.4, -0.2) is 20.9 Å². The summed E-state index contributed by atoms with van der Waals surface area (Å²) in [5.41, 5.74) is 0. The molecule has 0 bridgehead atoms. The van der Waals surface area contributed by atoms with E-state index in [1.54, 1.807) is 11.8 Å². The highest BCUT2D eigenvalue weighted by Crippen LogP contribution is 2.23. The number of halogens is 2. The van der Waals surface area contributed by atoms with Crippen LogP contribution in [0.25, 0.3) is 0 Å². The first-order valence-electron chi connectivity index (χ1n) is 3.92. The highest BCUT2D eigenvalue weighted by molar-refractivity contribution is 7.99. The van der Waals surface area contributed by atoms with Gasteiger partial charge in [-0.1, -0.05) is 24.9 Å². The molecule has 72 valence electrons. The van der Waals surface area contributed by atoms with Gasteiger partial charge in [0.25, 0.3) is 0 Å². The number of rotatable bonds is 4. The lowest BCUT2D eigenvalue weighted by Gasteiger charge is -2.00. The Balaban J connectivity index is 2.59. The molecule has 0 fully saturated rings. The summed E-state index contributed by atoms with van der Waals surface area (Å²) in [4.78, 5) is 3.97. The highest BCUT2D eigenvalue weighted by Gasteiger charge is 2.05. The SMILES string of the molecule is CCCCSc1nc(Cl)nnc1Cl. The average Bonchev–Trinajstić information content (AvgIpc) is 2.11. The van der Waals surface area contributed by atoms with E-state index < -0.39 is 0 Å². The van der Waals surface area contributed by atoms with Crippen LogP contribution in [0.1, 0.15) is 19.8 Å². The molecule has 1 rings (SSSR count). The van der Waals surface area contributed by atoms with Crippen LogP contribution in [0, 0.1) is 0 Å². The molecular weight excluding hydrogens is 229 g/mol. The van der Waals surface area contributed by atoms with Crippen molar-refractivity contribution in [1.29, 1.82) is 0 Å². The van der Waals surface area contributed by atoms with Crippen molar-refractivity contribution < 1.29 is 0 Å². The van der Waals surface area contributed by atoms with Crippen molar-refractivity contribution in [2.45, 2.75) is 24.8 Å². The van der Waals surface area contributed by atoms with Crippen molar-refractivity contribution in [3.63, 3.8) is 0 Å². The largest absolute Gasteiger partial charge is 0.244 e. The maximum atomic E-state index is 5.76. The topological polar surface area (TPSA) is 38.7 Å². The van der Waals surface area contributed by atoms with Gasteiger partial charge in [0, 0.05) is 0 Å². The minimum Gasteiger partial charge on any atom is -0.207 e. The number of hydrogen-bond donors (Lipinski definition) is 0. The van der Waals surface area contributed by atoms with Gasteiger partial charge in [-0.2, -0.15) is 0 Å². The third kappa shape index (κ3) is 3.67. The van der Waals surface area contributed by atoms with Crippen LogP contribution in [0.2, 0.25) is 10.4 Å². The van der Waals surface area contributed by atoms with Gasteiger partial charge in [0.1, 0.15) is 5.03 Å². The van der Waals surface area contributed by atoms with E-state index in [2.05, 4.69) is 22.1 Å². The first-order valence-corrected chi connectivity index (χ1v) is 5.66. The third-order valence-electron chi connectivity index (χ3n) is 1.33. The molecule has 0 aliphatic heterocycles. The van der Waals surface area contributed by atoms with Gasteiger partial charge in [0.2, 0.25) is 5.28 Å². The summed E-state index contributed by atoms with van der Waals surface area (Å²) in [7, 11) is 0. The van der Waals surface area contributed by atoms with Crippen LogP contribution in [0.3, 0.4) is 0 Å². The Morgan fingerprint density at radius 3 is 2.77 bits per heavy atom. The average molecular weight is 238 g/mol. The van der Waals surface area contributed by atoms with Crippen LogP contribution in [0.15, 0.2) is 5.03 Å². The van der Waals surface area contributed by atoms with Gasteiger partial charge < -0.3 is 0 Å². The van der Waals surface area contributed by atoms with Crippen LogP contribution in [0.4, 0.5) is 0 Å². The summed E-state index contributed by atoms with van der Waals surface area (Å²) in [5.74, 6) is 0.977. The summed E-state index contributed by atoms with van der Waals surface area (Å²) in [6.07, 6.45) is 2.28. The fourth-order valence-corrected chi connectivity index (χ4v) is 2.04. The molecule has 1 aromatic heterocycles. The summed E-state index contributed by atoms with van der Waals surface area (Å²) >= 11 is 12.9. The molecule has 0 N–H and O–H groups in total. The molecule has 1 heterocycles. The minimum atomic E-state index is 0.142. The van der Waals surface area contributed by atoms with Gasteiger partial charge in [-0.3, -0.25) is 0 Å². The van der Waals surface area contributed by atoms with Gasteiger partial charge in [-0.15, -0.1) is 22.0 Å². The Bertz CT molecular complexity index is 282. The number of unbranched alkanes of at least 4 members (excludes halogenated alkanes) is 1. The molecule has 0 aliphatic carbocycles. The Morgan fingerprint density at radius 2 is 2.08 bits per heavy atom. The molecule has 0 aliphatic rings. The fourth-order valence-electron chi connectivity index (χ4n) is 0.685. The number of thioether (sulfide) groups is 1. The third-order valence-corrected chi connectivity index (χ3v) is 2.90. The van der Waals surface area contributed by atoms with Crippen LogP contribution >= 0.6 is 35.0 Å². The summed E-state index contributed by atoms with van der Waals surface area (Å²) in [6, 6.07) is 0. The van der Waals surface area contributed by atoms with Crippen LogP contribution < -0.4 is 0 Å². The van der Waals surface area contributed by atoms with E-state index in [-0.39, 0.29) is 5.28 Å². The van der Waals surface area contributed by atoms with Gasteiger partial charge in [-0.25, -0.2) is 4.98 Å². The Kier molecular flexibility index (Phi) is 4.77. The second-order valence-electron chi connectivity index (χ2n) is 2.38. The highest BCUT2D eigenvalue weighted by atomic mass is 35.5. The molecule has 0 atom stereocenters. The second kappa shape index (κ2) is 5.62. The molecule has 0 saturated heterocycles. The summed E-state index contributed by atoms with van der Waals surface area (Å²) in [6.45, 7) is 2.13.